The van der Waals surface area contributed by atoms with Gasteiger partial charge < -0.3 is 10.6 Å². The smallest absolute Gasteiger partial charge is 0.295 e. The van der Waals surface area contributed by atoms with Crippen LogP contribution in [0, 0.1) is 0 Å². The lowest BCUT2D eigenvalue weighted by molar-refractivity contribution is 0.480. The van der Waals surface area contributed by atoms with Gasteiger partial charge in [0.1, 0.15) is 14.8 Å². The molecule has 0 bridgehead atoms. The lowest BCUT2D eigenvalue weighted by Gasteiger charge is -2.11. The molecular formula is C21H12Cl5N7O6S2. The number of hydrogen-bond acceptors (Lipinski definition) is 11. The van der Waals surface area contributed by atoms with E-state index in [1.54, 1.807) is 0 Å². The first-order valence-corrected chi connectivity index (χ1v) is 15.3. The van der Waals surface area contributed by atoms with Crippen LogP contribution in [-0.4, -0.2) is 50.9 Å². The summed E-state index contributed by atoms with van der Waals surface area (Å²) in [5, 5.41) is 4.55. The van der Waals surface area contributed by atoms with Crippen molar-refractivity contribution in [2.45, 2.75) is 9.79 Å². The van der Waals surface area contributed by atoms with Gasteiger partial charge in [-0.1, -0.05) is 59.1 Å². The van der Waals surface area contributed by atoms with E-state index in [-0.39, 0.29) is 60.3 Å². The standard InChI is InChI=1S/C21H12Cl5N7O6S2/c22-15-16(23)29-20(30-17(15)24)27-11-5-3-9(13(7-11)40(34,35)36)1-2-10-4-6-12(8-14(10)41(37,38)39)28-21-32-18(25)31-19(26)33-21/h1-8H,(H,27,29,30)(H,34,35,36)(H,37,38,39)(H,28,31,32,33). The number of benzene rings is 2. The van der Waals surface area contributed by atoms with Crippen molar-refractivity contribution in [2.24, 2.45) is 0 Å². The molecule has 41 heavy (non-hydrogen) atoms. The predicted octanol–water partition coefficient (Wildman–Crippen LogP) is 6.08. The second kappa shape index (κ2) is 12.2. The molecule has 20 heteroatoms. The SMILES string of the molecule is O=S(=O)(O)c1cc(Nc2nc(Cl)nc(Cl)n2)ccc1C=Cc1ccc(Nc2nc(Cl)c(Cl)c(Cl)n2)cc1S(=O)(=O)O. The number of hydrogen-bond donors (Lipinski definition) is 4. The summed E-state index contributed by atoms with van der Waals surface area (Å²) < 4.78 is 68.1. The zero-order valence-corrected chi connectivity index (χ0v) is 25.0. The second-order valence-corrected chi connectivity index (χ2v) is 12.2. The molecular weight excluding hydrogens is 688 g/mol. The molecule has 4 aromatic rings. The van der Waals surface area contributed by atoms with Gasteiger partial charge in [0.15, 0.2) is 10.3 Å². The van der Waals surface area contributed by atoms with Crippen molar-refractivity contribution in [3.63, 3.8) is 0 Å². The zero-order valence-electron chi connectivity index (χ0n) is 19.6. The fraction of sp³-hybridized carbons (Fsp3) is 0. The van der Waals surface area contributed by atoms with Gasteiger partial charge in [0.25, 0.3) is 20.2 Å². The van der Waals surface area contributed by atoms with Crippen LogP contribution in [0.1, 0.15) is 11.1 Å². The number of halogens is 5. The summed E-state index contributed by atoms with van der Waals surface area (Å²) in [5.41, 5.74) is 0.180. The first-order valence-electron chi connectivity index (χ1n) is 10.5. The van der Waals surface area contributed by atoms with E-state index in [9.17, 15) is 25.9 Å². The Kier molecular flexibility index (Phi) is 9.22. The van der Waals surface area contributed by atoms with Gasteiger partial charge in [-0.2, -0.15) is 41.8 Å². The maximum Gasteiger partial charge on any atom is 0.295 e. The fourth-order valence-electron chi connectivity index (χ4n) is 3.22. The molecule has 2 heterocycles. The van der Waals surface area contributed by atoms with Crippen LogP contribution in [0.2, 0.25) is 25.9 Å². The molecule has 0 saturated carbocycles. The monoisotopic (exact) mass is 697 g/mol. The van der Waals surface area contributed by atoms with E-state index in [4.69, 9.17) is 58.0 Å². The molecule has 0 spiro atoms. The number of aromatic nitrogens is 5. The minimum absolute atomic E-state index is 0.0351. The summed E-state index contributed by atoms with van der Waals surface area (Å²) in [5.74, 6) is -0.207. The van der Waals surface area contributed by atoms with Crippen LogP contribution < -0.4 is 10.6 Å². The largest absolute Gasteiger partial charge is 0.324 e. The fourth-order valence-corrected chi connectivity index (χ4v) is 5.47. The molecule has 4 N–H and O–H groups in total. The lowest BCUT2D eigenvalue weighted by atomic mass is 10.1. The van der Waals surface area contributed by atoms with Gasteiger partial charge in [0, 0.05) is 11.4 Å². The molecule has 0 aliphatic heterocycles. The Hall–Kier alpha value is -2.86. The van der Waals surface area contributed by atoms with E-state index in [2.05, 4.69) is 35.6 Å². The molecule has 2 aromatic carbocycles. The van der Waals surface area contributed by atoms with Crippen molar-refractivity contribution in [1.29, 1.82) is 0 Å². The molecule has 0 fully saturated rings. The van der Waals surface area contributed by atoms with Gasteiger partial charge >= 0.3 is 0 Å². The maximum atomic E-state index is 12.1. The van der Waals surface area contributed by atoms with Gasteiger partial charge in [0.05, 0.1) is 0 Å². The minimum Gasteiger partial charge on any atom is -0.324 e. The summed E-state index contributed by atoms with van der Waals surface area (Å²) >= 11 is 29.1. The molecule has 0 aliphatic carbocycles. The number of nitrogens with one attached hydrogen (secondary N) is 2. The van der Waals surface area contributed by atoms with Crippen LogP contribution in [0.5, 0.6) is 0 Å². The van der Waals surface area contributed by atoms with Gasteiger partial charge in [-0.15, -0.1) is 0 Å². The highest BCUT2D eigenvalue weighted by Crippen LogP contribution is 2.30. The van der Waals surface area contributed by atoms with Crippen molar-refractivity contribution in [3.05, 3.63) is 73.4 Å². The summed E-state index contributed by atoms with van der Waals surface area (Å²) in [6.45, 7) is 0. The van der Waals surface area contributed by atoms with Crippen LogP contribution in [-0.2, 0) is 20.2 Å². The van der Waals surface area contributed by atoms with Crippen LogP contribution >= 0.6 is 58.0 Å². The Labute approximate surface area is 257 Å². The van der Waals surface area contributed by atoms with Crippen LogP contribution in [0.25, 0.3) is 12.2 Å². The Bertz CT molecular complexity index is 1880. The Morgan fingerprint density at radius 2 is 1.00 bits per heavy atom. The number of anilines is 4. The minimum atomic E-state index is -4.79. The molecule has 0 atom stereocenters. The maximum absolute atomic E-state index is 12.1. The Morgan fingerprint density at radius 1 is 0.610 bits per heavy atom. The number of nitrogens with zero attached hydrogens (tertiary/aromatic N) is 5. The van der Waals surface area contributed by atoms with Crippen molar-refractivity contribution in [1.82, 2.24) is 24.9 Å². The molecule has 214 valence electrons. The summed E-state index contributed by atoms with van der Waals surface area (Å²) in [6.07, 6.45) is 2.42. The molecule has 0 aliphatic rings. The Morgan fingerprint density at radius 3 is 1.39 bits per heavy atom. The summed E-state index contributed by atoms with van der Waals surface area (Å²) in [7, 11) is -9.56. The zero-order chi connectivity index (χ0) is 30.1. The molecule has 4 rings (SSSR count). The van der Waals surface area contributed by atoms with Crippen molar-refractivity contribution >= 4 is 114 Å². The van der Waals surface area contributed by atoms with Gasteiger partial charge in [0.2, 0.25) is 22.5 Å². The average molecular weight is 700 g/mol. The van der Waals surface area contributed by atoms with Crippen LogP contribution in [0.15, 0.2) is 46.2 Å². The third kappa shape index (κ3) is 7.91. The highest BCUT2D eigenvalue weighted by atomic mass is 35.5. The van der Waals surface area contributed by atoms with Crippen molar-refractivity contribution in [3.8, 4) is 0 Å². The van der Waals surface area contributed by atoms with E-state index in [0.29, 0.717) is 0 Å². The summed E-state index contributed by atoms with van der Waals surface area (Å²) in [6, 6.07) is 7.57. The van der Waals surface area contributed by atoms with E-state index < -0.39 is 30.0 Å². The highest BCUT2D eigenvalue weighted by molar-refractivity contribution is 7.86. The molecule has 0 unspecified atom stereocenters. The molecule has 0 saturated heterocycles. The molecule has 13 nitrogen and oxygen atoms in total. The van der Waals surface area contributed by atoms with Crippen LogP contribution in [0.4, 0.5) is 23.3 Å². The average Bonchev–Trinajstić information content (AvgIpc) is 2.85. The van der Waals surface area contributed by atoms with Crippen molar-refractivity contribution in [2.75, 3.05) is 10.6 Å². The van der Waals surface area contributed by atoms with Crippen molar-refractivity contribution < 1.29 is 25.9 Å². The highest BCUT2D eigenvalue weighted by Gasteiger charge is 2.19. The third-order valence-electron chi connectivity index (χ3n) is 4.89. The molecule has 2 aromatic heterocycles. The predicted molar refractivity (Wildman–Crippen MR) is 155 cm³/mol. The van der Waals surface area contributed by atoms with Gasteiger partial charge in [-0.25, -0.2) is 0 Å². The van der Waals surface area contributed by atoms with Gasteiger partial charge in [-0.05, 0) is 58.6 Å². The lowest BCUT2D eigenvalue weighted by Crippen LogP contribution is -2.05. The molecule has 0 radical (unpaired) electrons. The third-order valence-corrected chi connectivity index (χ3v) is 8.14. The van der Waals surface area contributed by atoms with Crippen LogP contribution in [0.3, 0.4) is 0 Å². The molecule has 0 amide bonds. The van der Waals surface area contributed by atoms with E-state index in [0.717, 1.165) is 12.1 Å². The van der Waals surface area contributed by atoms with E-state index in [1.165, 1.54) is 36.4 Å². The van der Waals surface area contributed by atoms with Gasteiger partial charge in [-0.3, -0.25) is 9.11 Å². The first-order chi connectivity index (χ1) is 19.1. The van der Waals surface area contributed by atoms with E-state index in [1.807, 2.05) is 0 Å². The topological polar surface area (TPSA) is 197 Å². The second-order valence-electron chi connectivity index (χ2n) is 7.68. The summed E-state index contributed by atoms with van der Waals surface area (Å²) in [4.78, 5) is 17.9. The number of rotatable bonds is 8. The Balaban J connectivity index is 1.69. The quantitative estimate of drug-likeness (QED) is 0.0939. The van der Waals surface area contributed by atoms with E-state index >= 15 is 0 Å². The first kappa shape index (κ1) is 31.1. The normalized spacial score (nSPS) is 12.1.